The molecule has 0 fully saturated rings. The summed E-state index contributed by atoms with van der Waals surface area (Å²) >= 11 is 5.95. The summed E-state index contributed by atoms with van der Waals surface area (Å²) in [5.41, 5.74) is 2.69. The molecule has 0 radical (unpaired) electrons. The lowest BCUT2D eigenvalue weighted by molar-refractivity contribution is 0.903. The molecule has 3 rings (SSSR count). The maximum Gasteiger partial charge on any atom is 0.252 e. The Hall–Kier alpha value is -3.11. The van der Waals surface area contributed by atoms with E-state index in [0.29, 0.717) is 34.8 Å². The molecule has 3 heterocycles. The molecule has 3 aromatic rings. The Morgan fingerprint density at radius 3 is 2.84 bits per heavy atom. The monoisotopic (exact) mass is 354 g/mol. The van der Waals surface area contributed by atoms with Crippen LogP contribution in [0.2, 0.25) is 5.15 Å². The predicted molar refractivity (Wildman–Crippen MR) is 98.4 cm³/mol. The summed E-state index contributed by atoms with van der Waals surface area (Å²) in [6, 6.07) is 8.75. The zero-order valence-corrected chi connectivity index (χ0v) is 14.4. The minimum absolute atomic E-state index is 0.112. The molecule has 3 aromatic heterocycles. The first-order valence-corrected chi connectivity index (χ1v) is 7.99. The number of fused-ring (bicyclic) bond motifs is 1. The second-order valence-corrected chi connectivity index (χ2v) is 5.67. The topological polar surface area (TPSA) is 95.6 Å². The van der Waals surface area contributed by atoms with Crippen molar-refractivity contribution in [3.05, 3.63) is 51.5 Å². The highest BCUT2D eigenvalue weighted by Gasteiger charge is 2.11. The molecule has 0 aliphatic carbocycles. The molecular weight excluding hydrogens is 340 g/mol. The number of hydrogen-bond acceptors (Lipinski definition) is 6. The van der Waals surface area contributed by atoms with Crippen molar-refractivity contribution in [2.75, 3.05) is 17.2 Å². The Morgan fingerprint density at radius 2 is 2.12 bits per heavy atom. The zero-order chi connectivity index (χ0) is 18.0. The van der Waals surface area contributed by atoms with Gasteiger partial charge < -0.3 is 15.2 Å². The Bertz CT molecular complexity index is 1050. The zero-order valence-electron chi connectivity index (χ0n) is 13.7. The van der Waals surface area contributed by atoms with Crippen LogP contribution in [0.1, 0.15) is 12.5 Å². The van der Waals surface area contributed by atoms with Crippen LogP contribution in [0.4, 0.5) is 17.2 Å². The smallest absolute Gasteiger partial charge is 0.252 e. The SMILES string of the molecule is CCNc1cc(=O)n(C)c2ccc(Nc3ccnc(Cl)c3C#N)nc12. The van der Waals surface area contributed by atoms with E-state index >= 15 is 0 Å². The van der Waals surface area contributed by atoms with E-state index in [1.165, 1.54) is 16.8 Å². The standard InChI is InChI=1S/C17H15ClN6O/c1-3-20-12-8-15(25)24(2)13-4-5-14(23-16(12)13)22-11-6-7-21-17(18)10(11)9-19/h4-8,20H,3H2,1-2H3,(H,21,22,23). The van der Waals surface area contributed by atoms with Gasteiger partial charge in [-0.15, -0.1) is 0 Å². The van der Waals surface area contributed by atoms with Crippen molar-refractivity contribution < 1.29 is 0 Å². The highest BCUT2D eigenvalue weighted by molar-refractivity contribution is 6.31. The van der Waals surface area contributed by atoms with Crippen molar-refractivity contribution in [1.82, 2.24) is 14.5 Å². The maximum absolute atomic E-state index is 12.0. The van der Waals surface area contributed by atoms with Gasteiger partial charge in [-0.25, -0.2) is 9.97 Å². The Kier molecular flexibility index (Phi) is 4.55. The normalized spacial score (nSPS) is 10.5. The summed E-state index contributed by atoms with van der Waals surface area (Å²) in [4.78, 5) is 20.5. The maximum atomic E-state index is 12.0. The quantitative estimate of drug-likeness (QED) is 0.699. The summed E-state index contributed by atoms with van der Waals surface area (Å²) in [5, 5.41) is 15.6. The number of aromatic nitrogens is 3. The van der Waals surface area contributed by atoms with Gasteiger partial charge >= 0.3 is 0 Å². The summed E-state index contributed by atoms with van der Waals surface area (Å²) in [5.74, 6) is 0.532. The van der Waals surface area contributed by atoms with E-state index in [2.05, 4.69) is 20.6 Å². The number of nitrogens with one attached hydrogen (secondary N) is 2. The van der Waals surface area contributed by atoms with Gasteiger partial charge in [-0.1, -0.05) is 11.6 Å². The van der Waals surface area contributed by atoms with E-state index in [4.69, 9.17) is 11.6 Å². The van der Waals surface area contributed by atoms with E-state index in [0.717, 1.165) is 0 Å². The average Bonchev–Trinajstić information content (AvgIpc) is 2.60. The summed E-state index contributed by atoms with van der Waals surface area (Å²) in [6.07, 6.45) is 1.51. The molecule has 0 saturated carbocycles. The predicted octanol–water partition coefficient (Wildman–Crippen LogP) is 3.03. The van der Waals surface area contributed by atoms with E-state index in [1.807, 2.05) is 19.1 Å². The second-order valence-electron chi connectivity index (χ2n) is 5.31. The van der Waals surface area contributed by atoms with Crippen molar-refractivity contribution in [2.24, 2.45) is 7.05 Å². The summed E-state index contributed by atoms with van der Waals surface area (Å²) < 4.78 is 1.54. The van der Waals surface area contributed by atoms with Gasteiger partial charge in [0.2, 0.25) is 0 Å². The lowest BCUT2D eigenvalue weighted by atomic mass is 10.2. The van der Waals surface area contributed by atoms with Gasteiger partial charge in [0.05, 0.1) is 16.9 Å². The number of pyridine rings is 3. The first-order valence-electron chi connectivity index (χ1n) is 7.61. The van der Waals surface area contributed by atoms with Crippen LogP contribution in [0.15, 0.2) is 35.3 Å². The third-order valence-electron chi connectivity index (χ3n) is 3.74. The van der Waals surface area contributed by atoms with Gasteiger partial charge in [-0.3, -0.25) is 4.79 Å². The van der Waals surface area contributed by atoms with E-state index in [9.17, 15) is 10.1 Å². The molecule has 25 heavy (non-hydrogen) atoms. The van der Waals surface area contributed by atoms with Gasteiger partial charge in [0, 0.05) is 25.9 Å². The van der Waals surface area contributed by atoms with Gasteiger partial charge in [0.15, 0.2) is 0 Å². The fourth-order valence-corrected chi connectivity index (χ4v) is 2.71. The molecule has 0 aliphatic heterocycles. The minimum Gasteiger partial charge on any atom is -0.383 e. The molecule has 0 saturated heterocycles. The van der Waals surface area contributed by atoms with E-state index < -0.39 is 0 Å². The van der Waals surface area contributed by atoms with Crippen LogP contribution < -0.4 is 16.2 Å². The number of hydrogen-bond donors (Lipinski definition) is 2. The number of nitrogens with zero attached hydrogens (tertiary/aromatic N) is 4. The Labute approximate surface area is 148 Å². The molecule has 7 nitrogen and oxygen atoms in total. The third-order valence-corrected chi connectivity index (χ3v) is 4.02. The van der Waals surface area contributed by atoms with Gasteiger partial charge in [-0.2, -0.15) is 5.26 Å². The molecule has 0 unspecified atom stereocenters. The number of rotatable bonds is 4. The van der Waals surface area contributed by atoms with Gasteiger partial charge in [0.1, 0.15) is 28.1 Å². The summed E-state index contributed by atoms with van der Waals surface area (Å²) in [6.45, 7) is 2.61. The number of aryl methyl sites for hydroxylation is 1. The molecule has 0 amide bonds. The Balaban J connectivity index is 2.12. The van der Waals surface area contributed by atoms with Crippen LogP contribution >= 0.6 is 11.6 Å². The van der Waals surface area contributed by atoms with Crippen LogP contribution in [0.25, 0.3) is 11.0 Å². The van der Waals surface area contributed by atoms with Crippen molar-refractivity contribution >= 4 is 39.8 Å². The molecule has 2 N–H and O–H groups in total. The highest BCUT2D eigenvalue weighted by atomic mass is 35.5. The minimum atomic E-state index is -0.112. The molecule has 8 heteroatoms. The second kappa shape index (κ2) is 6.79. The largest absolute Gasteiger partial charge is 0.383 e. The summed E-state index contributed by atoms with van der Waals surface area (Å²) in [7, 11) is 1.70. The number of anilines is 3. The molecule has 0 atom stereocenters. The van der Waals surface area contributed by atoms with Gasteiger partial charge in [0.25, 0.3) is 5.56 Å². The number of halogens is 1. The van der Waals surface area contributed by atoms with Crippen molar-refractivity contribution in [3.8, 4) is 6.07 Å². The van der Waals surface area contributed by atoms with Crippen LogP contribution in [-0.4, -0.2) is 21.1 Å². The lowest BCUT2D eigenvalue weighted by Gasteiger charge is -2.13. The van der Waals surface area contributed by atoms with E-state index in [-0.39, 0.29) is 16.3 Å². The average molecular weight is 355 g/mol. The first-order chi connectivity index (χ1) is 12.0. The fourth-order valence-electron chi connectivity index (χ4n) is 2.51. The Morgan fingerprint density at radius 1 is 1.32 bits per heavy atom. The lowest BCUT2D eigenvalue weighted by Crippen LogP contribution is -2.18. The molecule has 0 aliphatic rings. The van der Waals surface area contributed by atoms with Gasteiger partial charge in [-0.05, 0) is 25.1 Å². The molecular formula is C17H15ClN6O. The van der Waals surface area contributed by atoms with Crippen LogP contribution in [0.3, 0.4) is 0 Å². The molecule has 0 bridgehead atoms. The molecule has 0 spiro atoms. The highest BCUT2D eigenvalue weighted by Crippen LogP contribution is 2.26. The first kappa shape index (κ1) is 16.7. The van der Waals surface area contributed by atoms with Crippen molar-refractivity contribution in [1.29, 1.82) is 5.26 Å². The third kappa shape index (κ3) is 3.12. The van der Waals surface area contributed by atoms with Crippen LogP contribution in [0, 0.1) is 11.3 Å². The number of nitriles is 1. The van der Waals surface area contributed by atoms with E-state index in [1.54, 1.807) is 19.2 Å². The molecule has 126 valence electrons. The molecule has 0 aromatic carbocycles. The van der Waals surface area contributed by atoms with Crippen LogP contribution in [-0.2, 0) is 7.05 Å². The fraction of sp³-hybridized carbons (Fsp3) is 0.176. The van der Waals surface area contributed by atoms with Crippen molar-refractivity contribution in [3.63, 3.8) is 0 Å². The van der Waals surface area contributed by atoms with Crippen molar-refractivity contribution in [2.45, 2.75) is 6.92 Å². The van der Waals surface area contributed by atoms with Crippen LogP contribution in [0.5, 0.6) is 0 Å².